The fourth-order valence-electron chi connectivity index (χ4n) is 6.21. The minimum Gasteiger partial charge on any atom is -0.477 e. The first-order valence-electron chi connectivity index (χ1n) is 13.9. The number of hydrogen-bond acceptors (Lipinski definition) is 8. The number of aromatic nitrogens is 7. The third-order valence-corrected chi connectivity index (χ3v) is 9.19. The Morgan fingerprint density at radius 2 is 1.91 bits per heavy atom. The van der Waals surface area contributed by atoms with Crippen LogP contribution in [0.2, 0.25) is 0 Å². The molecule has 1 unspecified atom stereocenters. The first-order chi connectivity index (χ1) is 20.4. The van der Waals surface area contributed by atoms with Crippen LogP contribution >= 0.6 is 0 Å². The van der Waals surface area contributed by atoms with E-state index in [1.807, 2.05) is 0 Å². The molecule has 0 aliphatic heterocycles. The molecule has 0 aromatic carbocycles. The van der Waals surface area contributed by atoms with E-state index >= 15 is 4.39 Å². The maximum atomic E-state index is 15.7. The second-order valence-corrected chi connectivity index (χ2v) is 13.0. The molecule has 0 amide bonds. The normalized spacial score (nSPS) is 16.6. The third kappa shape index (κ3) is 5.00. The quantitative estimate of drug-likeness (QED) is 0.238. The van der Waals surface area contributed by atoms with Gasteiger partial charge in [0.15, 0.2) is 9.84 Å². The van der Waals surface area contributed by atoms with Gasteiger partial charge in [0.25, 0.3) is 0 Å². The van der Waals surface area contributed by atoms with Crippen molar-refractivity contribution in [1.82, 2.24) is 34.5 Å². The Morgan fingerprint density at radius 1 is 1.16 bits per heavy atom. The molecule has 5 heterocycles. The highest BCUT2D eigenvalue weighted by atomic mass is 32.2. The van der Waals surface area contributed by atoms with Crippen molar-refractivity contribution in [3.8, 4) is 17.1 Å². The van der Waals surface area contributed by atoms with Crippen molar-refractivity contribution in [2.75, 3.05) is 12.9 Å². The van der Waals surface area contributed by atoms with E-state index in [9.17, 15) is 17.2 Å². The number of sulfone groups is 1. The summed E-state index contributed by atoms with van der Waals surface area (Å²) >= 11 is 0. The zero-order chi connectivity index (χ0) is 30.7. The fraction of sp³-hybridized carbons (Fsp3) is 0.414. The van der Waals surface area contributed by atoms with Crippen LogP contribution in [0.3, 0.4) is 0 Å². The Hall–Kier alpha value is -4.07. The summed E-state index contributed by atoms with van der Waals surface area (Å²) in [6.45, 7) is 3.81. The number of aryl methyl sites for hydroxylation is 2. The van der Waals surface area contributed by atoms with E-state index in [0.29, 0.717) is 33.4 Å². The van der Waals surface area contributed by atoms with Gasteiger partial charge in [0.1, 0.15) is 16.2 Å². The van der Waals surface area contributed by atoms with Gasteiger partial charge in [0, 0.05) is 44.1 Å². The zero-order valence-corrected chi connectivity index (χ0v) is 24.9. The molecule has 0 bridgehead atoms. The number of halogens is 3. The van der Waals surface area contributed by atoms with Crippen LogP contribution < -0.4 is 4.74 Å². The first-order valence-corrected chi connectivity index (χ1v) is 15.8. The van der Waals surface area contributed by atoms with Gasteiger partial charge in [-0.1, -0.05) is 5.21 Å². The second-order valence-electron chi connectivity index (χ2n) is 11.0. The van der Waals surface area contributed by atoms with Gasteiger partial charge in [-0.2, -0.15) is 0 Å². The Labute approximate surface area is 245 Å². The van der Waals surface area contributed by atoms with Crippen molar-refractivity contribution in [3.63, 3.8) is 0 Å². The van der Waals surface area contributed by atoms with Crippen LogP contribution in [0.25, 0.3) is 33.2 Å². The average Bonchev–Trinajstić information content (AvgIpc) is 3.46. The zero-order valence-electron chi connectivity index (χ0n) is 24.1. The third-order valence-electron chi connectivity index (χ3n) is 8.09. The highest BCUT2D eigenvalue weighted by Gasteiger charge is 2.41. The predicted octanol–water partition coefficient (Wildman–Crippen LogP) is 5.44. The first kappa shape index (κ1) is 29.0. The molecular formula is C29H30F3N7O3S. The molecule has 1 atom stereocenters. The van der Waals surface area contributed by atoms with Gasteiger partial charge in [-0.15, -0.1) is 5.10 Å². The summed E-state index contributed by atoms with van der Waals surface area (Å²) in [5.74, 6) is -3.81. The smallest absolute Gasteiger partial charge is 0.248 e. The minimum absolute atomic E-state index is 0.0227. The van der Waals surface area contributed by atoms with Gasteiger partial charge in [0.05, 0.1) is 52.3 Å². The molecule has 1 aliphatic rings. The molecule has 226 valence electrons. The summed E-state index contributed by atoms with van der Waals surface area (Å²) in [5.41, 5.74) is 2.98. The predicted molar refractivity (Wildman–Crippen MR) is 153 cm³/mol. The van der Waals surface area contributed by atoms with Crippen LogP contribution in [-0.2, 0) is 16.9 Å². The lowest BCUT2D eigenvalue weighted by Gasteiger charge is -2.35. The second kappa shape index (κ2) is 10.6. The van der Waals surface area contributed by atoms with E-state index in [1.165, 1.54) is 24.5 Å². The van der Waals surface area contributed by atoms with Gasteiger partial charge in [-0.3, -0.25) is 9.97 Å². The van der Waals surface area contributed by atoms with Crippen LogP contribution in [0.4, 0.5) is 13.2 Å². The van der Waals surface area contributed by atoms with Gasteiger partial charge in [-0.05, 0) is 50.8 Å². The Balaban J connectivity index is 1.78. The number of ether oxygens (including phenoxy) is 1. The van der Waals surface area contributed by atoms with Crippen LogP contribution in [0, 0.1) is 18.7 Å². The summed E-state index contributed by atoms with van der Waals surface area (Å²) in [6.07, 6.45) is 4.73. The van der Waals surface area contributed by atoms with Crippen LogP contribution in [-0.4, -0.2) is 61.7 Å². The lowest BCUT2D eigenvalue weighted by atomic mass is 9.80. The molecule has 6 rings (SSSR count). The number of nitrogens with zero attached hydrogens (tertiary/aromatic N) is 7. The van der Waals surface area contributed by atoms with E-state index in [2.05, 4.69) is 20.3 Å². The number of rotatable bonds is 7. The van der Waals surface area contributed by atoms with Gasteiger partial charge >= 0.3 is 0 Å². The van der Waals surface area contributed by atoms with Gasteiger partial charge in [-0.25, -0.2) is 31.3 Å². The topological polar surface area (TPSA) is 118 Å². The molecule has 0 saturated heterocycles. The SMILES string of the molecule is CCOc1ncc(S(C)(=O)=O)c2c1c1ncc(-c3c(C)nnn3C)cc1n2C(c1ncccc1F)C1CCC(F)(F)CC1. The summed E-state index contributed by atoms with van der Waals surface area (Å²) < 4.78 is 80.1. The Kier molecular flexibility index (Phi) is 7.14. The molecule has 0 N–H and O–H groups in total. The number of hydrogen-bond donors (Lipinski definition) is 0. The monoisotopic (exact) mass is 613 g/mol. The maximum absolute atomic E-state index is 15.7. The molecule has 1 aliphatic carbocycles. The lowest BCUT2D eigenvalue weighted by molar-refractivity contribution is -0.0495. The molecule has 1 saturated carbocycles. The standard InChI is InChI=1S/C29H30F3N7O3S/c1-5-42-28-22-24-20(13-18(14-34-24)25-16(2)36-37-38(25)3)39(27(22)21(15-35-28)43(4,40)41)26(23-19(30)7-6-12-33-23)17-8-10-29(31,32)11-9-17/h6-7,12-15,17,26H,5,8-11H2,1-4H3. The molecular weight excluding hydrogens is 583 g/mol. The summed E-state index contributed by atoms with van der Waals surface area (Å²) in [4.78, 5) is 13.4. The van der Waals surface area contributed by atoms with E-state index in [1.54, 1.807) is 42.4 Å². The molecule has 14 heteroatoms. The molecule has 10 nitrogen and oxygen atoms in total. The molecule has 0 radical (unpaired) electrons. The Bertz CT molecular complexity index is 1940. The maximum Gasteiger partial charge on any atom is 0.248 e. The molecule has 5 aromatic heterocycles. The van der Waals surface area contributed by atoms with Crippen LogP contribution in [0.5, 0.6) is 5.88 Å². The summed E-state index contributed by atoms with van der Waals surface area (Å²) in [7, 11) is -2.16. The molecule has 43 heavy (non-hydrogen) atoms. The average molecular weight is 614 g/mol. The number of alkyl halides is 2. The Morgan fingerprint density at radius 3 is 2.53 bits per heavy atom. The highest BCUT2D eigenvalue weighted by molar-refractivity contribution is 7.91. The molecule has 1 fully saturated rings. The van der Waals surface area contributed by atoms with E-state index < -0.39 is 33.5 Å². The van der Waals surface area contributed by atoms with Crippen molar-refractivity contribution < 1.29 is 26.3 Å². The number of pyridine rings is 3. The van der Waals surface area contributed by atoms with Crippen molar-refractivity contribution in [2.24, 2.45) is 13.0 Å². The molecule has 0 spiro atoms. The van der Waals surface area contributed by atoms with Crippen molar-refractivity contribution in [2.45, 2.75) is 56.4 Å². The summed E-state index contributed by atoms with van der Waals surface area (Å²) in [5, 5.41) is 8.57. The van der Waals surface area contributed by atoms with E-state index in [0.717, 1.165) is 6.26 Å². The van der Waals surface area contributed by atoms with E-state index in [-0.39, 0.29) is 54.3 Å². The van der Waals surface area contributed by atoms with Gasteiger partial charge < -0.3 is 9.30 Å². The van der Waals surface area contributed by atoms with Gasteiger partial charge in [0.2, 0.25) is 11.8 Å². The van der Waals surface area contributed by atoms with Crippen LogP contribution in [0.1, 0.15) is 50.0 Å². The van der Waals surface area contributed by atoms with E-state index in [4.69, 9.17) is 9.72 Å². The van der Waals surface area contributed by atoms with Crippen LogP contribution in [0.15, 0.2) is 41.7 Å². The number of fused-ring (bicyclic) bond motifs is 3. The lowest BCUT2D eigenvalue weighted by Crippen LogP contribution is -2.31. The summed E-state index contributed by atoms with van der Waals surface area (Å²) in [6, 6.07) is 3.58. The van der Waals surface area contributed by atoms with Crippen molar-refractivity contribution in [3.05, 3.63) is 54.0 Å². The molecule has 5 aromatic rings. The van der Waals surface area contributed by atoms with Crippen molar-refractivity contribution >= 4 is 31.8 Å². The minimum atomic E-state index is -3.90. The highest BCUT2D eigenvalue weighted by Crippen LogP contribution is 2.48. The fourth-order valence-corrected chi connectivity index (χ4v) is 7.01. The van der Waals surface area contributed by atoms with Crippen molar-refractivity contribution in [1.29, 1.82) is 0 Å². The largest absolute Gasteiger partial charge is 0.477 e.